The molecular weight excluding hydrogens is 299 g/mol. The number of rotatable bonds is 6. The van der Waals surface area contributed by atoms with Crippen LogP contribution in [-0.4, -0.2) is 29.8 Å². The molecule has 0 atom stereocenters. The Morgan fingerprint density at radius 2 is 1.96 bits per heavy atom. The summed E-state index contributed by atoms with van der Waals surface area (Å²) in [5, 5.41) is 2.68. The number of benzene rings is 1. The monoisotopic (exact) mass is 318 g/mol. The number of hydrogen-bond donors (Lipinski definition) is 2. The number of carbonyl (C=O) groups excluding carboxylic acids is 2. The van der Waals surface area contributed by atoms with Crippen LogP contribution in [0.25, 0.3) is 0 Å². The zero-order chi connectivity index (χ0) is 17.0. The zero-order valence-electron chi connectivity index (χ0n) is 13.3. The molecule has 1 heterocycles. The van der Waals surface area contributed by atoms with Gasteiger partial charge in [-0.05, 0) is 38.5 Å². The Labute approximate surface area is 133 Å². The van der Waals surface area contributed by atoms with Crippen LogP contribution in [0.2, 0.25) is 0 Å². The van der Waals surface area contributed by atoms with Crippen molar-refractivity contribution in [1.82, 2.24) is 10.3 Å². The Balaban J connectivity index is 1.92. The molecule has 2 aromatic rings. The Hall–Kier alpha value is -2.63. The predicted octanol–water partition coefficient (Wildman–Crippen LogP) is 2.78. The summed E-state index contributed by atoms with van der Waals surface area (Å²) in [5.74, 6) is -0.707. The molecule has 0 spiro atoms. The van der Waals surface area contributed by atoms with Crippen molar-refractivity contribution in [2.75, 3.05) is 13.2 Å². The summed E-state index contributed by atoms with van der Waals surface area (Å²) >= 11 is 0. The van der Waals surface area contributed by atoms with Crippen LogP contribution in [0.3, 0.4) is 0 Å². The standard InChI is InChI=1S/C17H19FN2O3/c1-10-15(12(3)21)11(2)20-16(10)17(22)19-8-9-23-14-7-5-4-6-13(14)18/h4-7,20H,8-9H2,1-3H3,(H,19,22). The summed E-state index contributed by atoms with van der Waals surface area (Å²) in [6.07, 6.45) is 0. The molecule has 0 aliphatic carbocycles. The maximum Gasteiger partial charge on any atom is 0.268 e. The number of H-pyrrole nitrogens is 1. The molecule has 1 aromatic carbocycles. The van der Waals surface area contributed by atoms with Gasteiger partial charge in [-0.15, -0.1) is 0 Å². The maximum absolute atomic E-state index is 13.4. The van der Waals surface area contributed by atoms with Crippen LogP contribution in [0.15, 0.2) is 24.3 Å². The molecule has 1 amide bonds. The number of aromatic amines is 1. The number of ether oxygens (including phenoxy) is 1. The van der Waals surface area contributed by atoms with Gasteiger partial charge < -0.3 is 15.0 Å². The van der Waals surface area contributed by atoms with Crippen LogP contribution in [0.5, 0.6) is 5.75 Å². The predicted molar refractivity (Wildman–Crippen MR) is 84.5 cm³/mol. The average molecular weight is 318 g/mol. The van der Waals surface area contributed by atoms with E-state index in [4.69, 9.17) is 4.74 Å². The first-order valence-corrected chi connectivity index (χ1v) is 7.27. The lowest BCUT2D eigenvalue weighted by atomic mass is 10.1. The van der Waals surface area contributed by atoms with Gasteiger partial charge in [-0.2, -0.15) is 0 Å². The fourth-order valence-corrected chi connectivity index (χ4v) is 2.48. The topological polar surface area (TPSA) is 71.2 Å². The third-order valence-corrected chi connectivity index (χ3v) is 3.50. The van der Waals surface area contributed by atoms with Gasteiger partial charge in [0.05, 0.1) is 6.54 Å². The Morgan fingerprint density at radius 1 is 1.26 bits per heavy atom. The molecule has 0 saturated heterocycles. The number of aryl methyl sites for hydroxylation is 1. The molecule has 5 nitrogen and oxygen atoms in total. The molecule has 122 valence electrons. The third-order valence-electron chi connectivity index (χ3n) is 3.50. The molecule has 2 N–H and O–H groups in total. The number of ketones is 1. The molecule has 2 rings (SSSR count). The van der Waals surface area contributed by atoms with Crippen molar-refractivity contribution in [2.24, 2.45) is 0 Å². The van der Waals surface area contributed by atoms with E-state index in [-0.39, 0.29) is 30.6 Å². The number of halogens is 1. The molecular formula is C17H19FN2O3. The molecule has 0 bridgehead atoms. The fourth-order valence-electron chi connectivity index (χ4n) is 2.48. The number of Topliss-reactive ketones (excluding diaryl/α,β-unsaturated/α-hetero) is 1. The lowest BCUT2D eigenvalue weighted by Crippen LogP contribution is -2.29. The van der Waals surface area contributed by atoms with Crippen LogP contribution in [0, 0.1) is 19.7 Å². The number of hydrogen-bond acceptors (Lipinski definition) is 3. The number of carbonyl (C=O) groups is 2. The van der Waals surface area contributed by atoms with E-state index < -0.39 is 5.82 Å². The molecule has 1 aromatic heterocycles. The lowest BCUT2D eigenvalue weighted by molar-refractivity contribution is 0.0941. The zero-order valence-corrected chi connectivity index (χ0v) is 13.3. The second kappa shape index (κ2) is 7.09. The molecule has 0 aliphatic rings. The average Bonchev–Trinajstić information content (AvgIpc) is 2.80. The Bertz CT molecular complexity index is 737. The minimum atomic E-state index is -0.444. The molecule has 0 fully saturated rings. The third kappa shape index (κ3) is 3.77. The smallest absolute Gasteiger partial charge is 0.268 e. The van der Waals surface area contributed by atoms with Crippen molar-refractivity contribution in [1.29, 1.82) is 0 Å². The van der Waals surface area contributed by atoms with E-state index >= 15 is 0 Å². The van der Waals surface area contributed by atoms with E-state index in [9.17, 15) is 14.0 Å². The highest BCUT2D eigenvalue weighted by Crippen LogP contribution is 2.18. The summed E-state index contributed by atoms with van der Waals surface area (Å²) in [7, 11) is 0. The highest BCUT2D eigenvalue weighted by molar-refractivity contribution is 6.02. The summed E-state index contributed by atoms with van der Waals surface area (Å²) < 4.78 is 18.6. The molecule has 0 unspecified atom stereocenters. The maximum atomic E-state index is 13.4. The Kier molecular flexibility index (Phi) is 5.16. The van der Waals surface area contributed by atoms with Crippen molar-refractivity contribution in [3.63, 3.8) is 0 Å². The summed E-state index contributed by atoms with van der Waals surface area (Å²) in [6.45, 7) is 5.31. The highest BCUT2D eigenvalue weighted by atomic mass is 19.1. The summed E-state index contributed by atoms with van der Waals surface area (Å²) in [5.41, 5.74) is 2.20. The normalized spacial score (nSPS) is 10.4. The van der Waals surface area contributed by atoms with E-state index in [1.165, 1.54) is 19.1 Å². The van der Waals surface area contributed by atoms with E-state index in [1.54, 1.807) is 26.0 Å². The van der Waals surface area contributed by atoms with Gasteiger partial charge in [-0.3, -0.25) is 9.59 Å². The molecule has 0 saturated carbocycles. The fraction of sp³-hybridized carbons (Fsp3) is 0.294. The van der Waals surface area contributed by atoms with E-state index in [0.29, 0.717) is 22.5 Å². The van der Waals surface area contributed by atoms with Crippen molar-refractivity contribution < 1.29 is 18.7 Å². The number of aromatic nitrogens is 1. The van der Waals surface area contributed by atoms with Crippen LogP contribution in [0.4, 0.5) is 4.39 Å². The van der Waals surface area contributed by atoms with Gasteiger partial charge in [0, 0.05) is 11.3 Å². The second-order valence-corrected chi connectivity index (χ2v) is 5.22. The largest absolute Gasteiger partial charge is 0.489 e. The molecule has 23 heavy (non-hydrogen) atoms. The van der Waals surface area contributed by atoms with Crippen molar-refractivity contribution in [2.45, 2.75) is 20.8 Å². The first-order chi connectivity index (χ1) is 10.9. The van der Waals surface area contributed by atoms with Gasteiger partial charge in [0.25, 0.3) is 5.91 Å². The summed E-state index contributed by atoms with van der Waals surface area (Å²) in [6, 6.07) is 6.08. The highest BCUT2D eigenvalue weighted by Gasteiger charge is 2.19. The van der Waals surface area contributed by atoms with E-state index in [2.05, 4.69) is 10.3 Å². The van der Waals surface area contributed by atoms with Gasteiger partial charge in [0.15, 0.2) is 17.3 Å². The Morgan fingerprint density at radius 3 is 2.57 bits per heavy atom. The van der Waals surface area contributed by atoms with Gasteiger partial charge in [0.1, 0.15) is 12.3 Å². The van der Waals surface area contributed by atoms with Gasteiger partial charge >= 0.3 is 0 Å². The molecule has 6 heteroatoms. The van der Waals surface area contributed by atoms with Crippen LogP contribution in [-0.2, 0) is 0 Å². The van der Waals surface area contributed by atoms with E-state index in [1.807, 2.05) is 0 Å². The van der Waals surface area contributed by atoms with Gasteiger partial charge in [-0.1, -0.05) is 12.1 Å². The SMILES string of the molecule is CC(=O)c1c(C)[nH]c(C(=O)NCCOc2ccccc2F)c1C. The van der Waals surface area contributed by atoms with Crippen molar-refractivity contribution >= 4 is 11.7 Å². The number of para-hydroxylation sites is 1. The van der Waals surface area contributed by atoms with Crippen molar-refractivity contribution in [3.05, 3.63) is 52.6 Å². The first kappa shape index (κ1) is 16.7. The molecule has 0 aliphatic heterocycles. The van der Waals surface area contributed by atoms with Gasteiger partial charge in [0.2, 0.25) is 0 Å². The van der Waals surface area contributed by atoms with Crippen LogP contribution in [0.1, 0.15) is 39.0 Å². The molecule has 0 radical (unpaired) electrons. The van der Waals surface area contributed by atoms with Crippen LogP contribution < -0.4 is 10.1 Å². The first-order valence-electron chi connectivity index (χ1n) is 7.27. The van der Waals surface area contributed by atoms with Crippen molar-refractivity contribution in [3.8, 4) is 5.75 Å². The van der Waals surface area contributed by atoms with E-state index in [0.717, 1.165) is 0 Å². The second-order valence-electron chi connectivity index (χ2n) is 5.22. The minimum Gasteiger partial charge on any atom is -0.489 e. The number of nitrogens with one attached hydrogen (secondary N) is 2. The van der Waals surface area contributed by atoms with Crippen LogP contribution >= 0.6 is 0 Å². The number of amides is 1. The quantitative estimate of drug-likeness (QED) is 0.635. The van der Waals surface area contributed by atoms with Gasteiger partial charge in [-0.25, -0.2) is 4.39 Å². The minimum absolute atomic E-state index is 0.0850. The lowest BCUT2D eigenvalue weighted by Gasteiger charge is -2.08. The summed E-state index contributed by atoms with van der Waals surface area (Å²) in [4.78, 5) is 26.6.